The second-order valence-corrected chi connectivity index (χ2v) is 11.0. The minimum atomic E-state index is -4.68. The van der Waals surface area contributed by atoms with Crippen LogP contribution in [0.3, 0.4) is 0 Å². The number of sulfonamides is 2. The van der Waals surface area contributed by atoms with Crippen molar-refractivity contribution in [3.8, 4) is 11.5 Å². The van der Waals surface area contributed by atoms with Crippen LogP contribution in [-0.4, -0.2) is 27.0 Å². The Hall–Kier alpha value is -2.50. The van der Waals surface area contributed by atoms with Crippen LogP contribution in [0.2, 0.25) is 10.0 Å². The van der Waals surface area contributed by atoms with Gasteiger partial charge in [0.05, 0.1) is 11.4 Å². The van der Waals surface area contributed by atoms with E-state index in [2.05, 4.69) is 0 Å². The number of nitrogens with zero attached hydrogens (tertiary/aromatic N) is 1. The maximum Gasteiger partial charge on any atom is 0.272 e. The van der Waals surface area contributed by atoms with Crippen molar-refractivity contribution in [3.63, 3.8) is 0 Å². The summed E-state index contributed by atoms with van der Waals surface area (Å²) in [6.07, 6.45) is 0. The highest BCUT2D eigenvalue weighted by molar-refractivity contribution is 7.93. The van der Waals surface area contributed by atoms with Crippen LogP contribution in [0.5, 0.6) is 11.5 Å². The molecule has 32 heavy (non-hydrogen) atoms. The Balaban J connectivity index is 2.43. The van der Waals surface area contributed by atoms with E-state index in [4.69, 9.17) is 28.3 Å². The molecule has 3 aromatic rings. The first-order valence-corrected chi connectivity index (χ1v) is 12.7. The molecular weight excluding hydrogens is 499 g/mol. The van der Waals surface area contributed by atoms with E-state index >= 15 is 0 Å². The van der Waals surface area contributed by atoms with Crippen LogP contribution >= 0.6 is 23.2 Å². The highest BCUT2D eigenvalue weighted by atomic mass is 35.5. The van der Waals surface area contributed by atoms with E-state index in [1.165, 1.54) is 12.1 Å². The summed E-state index contributed by atoms with van der Waals surface area (Å²) in [5, 5.41) is 25.9. The summed E-state index contributed by atoms with van der Waals surface area (Å²) in [6.45, 7) is 3.21. The van der Waals surface area contributed by atoms with Crippen molar-refractivity contribution >= 4 is 54.6 Å². The minimum absolute atomic E-state index is 0.146. The normalized spacial score (nSPS) is 12.0. The lowest BCUT2D eigenvalue weighted by molar-refractivity contribution is 0.430. The van der Waals surface area contributed by atoms with Gasteiger partial charge in [-0.25, -0.2) is 26.3 Å². The van der Waals surface area contributed by atoms with Crippen molar-refractivity contribution in [2.75, 3.05) is 4.31 Å². The number of nitrogens with two attached hydrogens (primary N) is 1. The largest absolute Gasteiger partial charge is 0.506 e. The van der Waals surface area contributed by atoms with E-state index in [9.17, 15) is 27.0 Å². The van der Waals surface area contributed by atoms with Crippen molar-refractivity contribution in [2.45, 2.75) is 23.6 Å². The van der Waals surface area contributed by atoms with Crippen molar-refractivity contribution < 1.29 is 27.0 Å². The van der Waals surface area contributed by atoms with E-state index in [1.54, 1.807) is 38.1 Å². The number of hydrogen-bond acceptors (Lipinski definition) is 6. The Morgan fingerprint density at radius 1 is 0.781 bits per heavy atom. The summed E-state index contributed by atoms with van der Waals surface area (Å²) in [7, 11) is -9.19. The predicted molar refractivity (Wildman–Crippen MR) is 123 cm³/mol. The van der Waals surface area contributed by atoms with Crippen molar-refractivity contribution in [1.29, 1.82) is 0 Å². The van der Waals surface area contributed by atoms with E-state index in [1.807, 2.05) is 0 Å². The first kappa shape index (κ1) is 24.1. The lowest BCUT2D eigenvalue weighted by Gasteiger charge is -2.28. The number of primary sulfonamides is 1. The molecule has 8 nitrogen and oxygen atoms in total. The monoisotopic (exact) mass is 516 g/mol. The number of aromatic hydroxyl groups is 2. The molecule has 0 saturated carbocycles. The van der Waals surface area contributed by atoms with Crippen LogP contribution in [0.15, 0.2) is 58.3 Å². The molecular formula is C20H18Cl2N2O6S2. The predicted octanol–water partition coefficient (Wildman–Crippen LogP) is 4.20. The van der Waals surface area contributed by atoms with Crippen molar-refractivity contribution in [1.82, 2.24) is 0 Å². The Morgan fingerprint density at radius 2 is 1.22 bits per heavy atom. The third kappa shape index (κ3) is 4.24. The molecule has 0 saturated heterocycles. The Morgan fingerprint density at radius 3 is 1.66 bits per heavy atom. The number of halogens is 2. The lowest BCUT2D eigenvalue weighted by Crippen LogP contribution is -2.28. The molecule has 0 spiro atoms. The number of rotatable bonds is 5. The number of benzene rings is 3. The second-order valence-electron chi connectivity index (χ2n) is 6.87. The molecule has 4 N–H and O–H groups in total. The van der Waals surface area contributed by atoms with Crippen LogP contribution in [-0.2, 0) is 20.0 Å². The third-order valence-electron chi connectivity index (χ3n) is 4.78. The molecule has 0 heterocycles. The second kappa shape index (κ2) is 8.45. The van der Waals surface area contributed by atoms with Gasteiger partial charge in [0, 0.05) is 16.1 Å². The fourth-order valence-electron chi connectivity index (χ4n) is 3.09. The molecule has 0 unspecified atom stereocenters. The van der Waals surface area contributed by atoms with Gasteiger partial charge in [0.25, 0.3) is 10.0 Å². The van der Waals surface area contributed by atoms with Crippen LogP contribution in [0.1, 0.15) is 11.1 Å². The van der Waals surface area contributed by atoms with Gasteiger partial charge in [0.1, 0.15) is 21.3 Å². The number of phenolic OH excluding ortho intramolecular Hbond substituents is 2. The summed E-state index contributed by atoms with van der Waals surface area (Å²) in [4.78, 5) is -1.66. The summed E-state index contributed by atoms with van der Waals surface area (Å²) < 4.78 is 52.3. The molecule has 0 amide bonds. The quantitative estimate of drug-likeness (QED) is 0.464. The Bertz CT molecular complexity index is 1390. The van der Waals surface area contributed by atoms with Gasteiger partial charge in [-0.05, 0) is 55.3 Å². The molecule has 3 aromatic carbocycles. The summed E-state index contributed by atoms with van der Waals surface area (Å²) in [5.74, 6) is -1.77. The SMILES string of the molecule is Cc1c(Cl)cccc1N(c1cccc(Cl)c1C)S(=O)(=O)c1cc(S(N)(=O)=O)c(O)cc1O. The number of phenols is 2. The maximum atomic E-state index is 13.8. The molecule has 0 atom stereocenters. The zero-order valence-corrected chi connectivity index (χ0v) is 19.9. The summed E-state index contributed by atoms with van der Waals surface area (Å²) in [6, 6.07) is 10.4. The van der Waals surface area contributed by atoms with Crippen LogP contribution in [0.25, 0.3) is 0 Å². The van der Waals surface area contributed by atoms with Gasteiger partial charge < -0.3 is 10.2 Å². The first-order valence-electron chi connectivity index (χ1n) is 8.91. The highest BCUT2D eigenvalue weighted by Crippen LogP contribution is 2.43. The average Bonchev–Trinajstić information content (AvgIpc) is 2.67. The molecule has 0 fully saturated rings. The fourth-order valence-corrected chi connectivity index (χ4v) is 5.84. The molecule has 170 valence electrons. The van der Waals surface area contributed by atoms with Crippen LogP contribution < -0.4 is 9.44 Å². The van der Waals surface area contributed by atoms with Crippen LogP contribution in [0, 0.1) is 13.8 Å². The molecule has 0 aliphatic heterocycles. The van der Waals surface area contributed by atoms with Crippen molar-refractivity contribution in [3.05, 3.63) is 69.7 Å². The fraction of sp³-hybridized carbons (Fsp3) is 0.100. The standard InChI is InChI=1S/C20H18Cl2N2O6S2/c1-11-13(21)5-3-7-15(11)24(16-8-4-6-14(22)12(16)2)32(29,30)20-10-19(31(23,27)28)17(25)9-18(20)26/h3-10,25-26H,1-2H3,(H2,23,27,28). The summed E-state index contributed by atoms with van der Waals surface area (Å²) >= 11 is 12.4. The van der Waals surface area contributed by atoms with Gasteiger partial charge in [-0.3, -0.25) is 0 Å². The van der Waals surface area contributed by atoms with E-state index < -0.39 is 41.3 Å². The zero-order chi connectivity index (χ0) is 24.0. The Kier molecular flexibility index (Phi) is 6.38. The van der Waals surface area contributed by atoms with Gasteiger partial charge >= 0.3 is 0 Å². The number of hydrogen-bond donors (Lipinski definition) is 3. The minimum Gasteiger partial charge on any atom is -0.506 e. The topological polar surface area (TPSA) is 138 Å². The van der Waals surface area contributed by atoms with Gasteiger partial charge in [0.2, 0.25) is 10.0 Å². The third-order valence-corrected chi connectivity index (χ3v) is 8.30. The van der Waals surface area contributed by atoms with Gasteiger partial charge in [-0.2, -0.15) is 0 Å². The molecule has 12 heteroatoms. The highest BCUT2D eigenvalue weighted by Gasteiger charge is 2.34. The lowest BCUT2D eigenvalue weighted by atomic mass is 10.1. The van der Waals surface area contributed by atoms with E-state index in [-0.39, 0.29) is 21.4 Å². The van der Waals surface area contributed by atoms with Gasteiger partial charge in [0.15, 0.2) is 0 Å². The molecule has 0 aromatic heterocycles. The van der Waals surface area contributed by atoms with Crippen molar-refractivity contribution in [2.24, 2.45) is 5.14 Å². The van der Waals surface area contributed by atoms with Gasteiger partial charge in [-0.15, -0.1) is 0 Å². The average molecular weight is 517 g/mol. The van der Waals surface area contributed by atoms with E-state index in [0.717, 1.165) is 4.31 Å². The molecule has 0 bridgehead atoms. The molecule has 0 aliphatic carbocycles. The Labute approximate surface area is 195 Å². The maximum absolute atomic E-state index is 13.8. The van der Waals surface area contributed by atoms with Gasteiger partial charge in [-0.1, -0.05) is 35.3 Å². The molecule has 3 rings (SSSR count). The molecule has 0 aliphatic rings. The zero-order valence-electron chi connectivity index (χ0n) is 16.7. The van der Waals surface area contributed by atoms with Crippen LogP contribution in [0.4, 0.5) is 11.4 Å². The smallest absolute Gasteiger partial charge is 0.272 e. The first-order chi connectivity index (χ1) is 14.8. The summed E-state index contributed by atoms with van der Waals surface area (Å²) in [5.41, 5.74) is 1.10. The molecule has 0 radical (unpaired) electrons. The number of anilines is 2. The van der Waals surface area contributed by atoms with E-state index in [0.29, 0.717) is 23.3 Å².